The first-order valence-electron chi connectivity index (χ1n) is 16.8. The highest BCUT2D eigenvalue weighted by molar-refractivity contribution is 6.04. The van der Waals surface area contributed by atoms with E-state index >= 15 is 0 Å². The molecule has 0 amide bonds. The Bertz CT molecular complexity index is 2440. The van der Waals surface area contributed by atoms with E-state index in [1.807, 2.05) is 36.4 Å². The van der Waals surface area contributed by atoms with E-state index in [2.05, 4.69) is 132 Å². The van der Waals surface area contributed by atoms with Crippen molar-refractivity contribution in [1.29, 1.82) is 0 Å². The maximum absolute atomic E-state index is 14.6. The highest BCUT2D eigenvalue weighted by Gasteiger charge is 2.47. The Morgan fingerprint density at radius 1 is 0.420 bits per heavy atom. The molecule has 238 valence electrons. The van der Waals surface area contributed by atoms with E-state index in [1.54, 1.807) is 0 Å². The Labute approximate surface area is 290 Å². The molecule has 0 aromatic heterocycles. The van der Waals surface area contributed by atoms with Crippen LogP contribution in [0.3, 0.4) is 0 Å². The molecule has 0 fully saturated rings. The molecule has 0 radical (unpaired) electrons. The number of hydrogen-bond donors (Lipinski definition) is 0. The van der Waals surface area contributed by atoms with Crippen LogP contribution >= 0.6 is 0 Å². The molecule has 50 heavy (non-hydrogen) atoms. The second kappa shape index (κ2) is 12.0. The largest absolute Gasteiger partial charge is 0.310 e. The number of fused-ring (bicyclic) bond motifs is 5. The lowest BCUT2D eigenvalue weighted by atomic mass is 9.67. The second-order valence-electron chi connectivity index (χ2n) is 12.8. The van der Waals surface area contributed by atoms with Crippen molar-refractivity contribution in [3.63, 3.8) is 0 Å². The zero-order valence-electron chi connectivity index (χ0n) is 27.1. The van der Waals surface area contributed by atoms with Gasteiger partial charge in [-0.15, -0.1) is 0 Å². The highest BCUT2D eigenvalue weighted by atomic mass is 19.1. The molecule has 0 spiro atoms. The molecule has 1 aliphatic rings. The lowest BCUT2D eigenvalue weighted by Gasteiger charge is -2.35. The van der Waals surface area contributed by atoms with Gasteiger partial charge in [-0.2, -0.15) is 0 Å². The normalized spacial score (nSPS) is 12.8. The maximum Gasteiger partial charge on any atom is 0.123 e. The van der Waals surface area contributed by atoms with Crippen molar-refractivity contribution in [2.45, 2.75) is 5.41 Å². The molecular weight excluding hydrogens is 617 g/mol. The molecule has 1 nitrogen and oxygen atoms in total. The molecule has 9 rings (SSSR count). The quantitative estimate of drug-likeness (QED) is 0.174. The number of hydrogen-bond acceptors (Lipinski definition) is 1. The van der Waals surface area contributed by atoms with E-state index in [1.165, 1.54) is 24.3 Å². The summed E-state index contributed by atoms with van der Waals surface area (Å²) in [5.41, 5.74) is 10.6. The van der Waals surface area contributed by atoms with Crippen LogP contribution in [0.25, 0.3) is 33.0 Å². The van der Waals surface area contributed by atoms with Crippen molar-refractivity contribution in [3.05, 3.63) is 222 Å². The predicted molar refractivity (Wildman–Crippen MR) is 201 cm³/mol. The Kier molecular flexibility index (Phi) is 7.14. The van der Waals surface area contributed by atoms with Gasteiger partial charge in [0.25, 0.3) is 0 Å². The SMILES string of the molecule is Fc1ccc(C2(c3ccc(F)cc3)c3cc(N(c4ccccc4)c4ccccc4-c4ccccc4)ccc3-c3c2ccc2ccccc32)cc1. The van der Waals surface area contributed by atoms with Gasteiger partial charge >= 0.3 is 0 Å². The average Bonchev–Trinajstić information content (AvgIpc) is 3.47. The van der Waals surface area contributed by atoms with Gasteiger partial charge in [0.05, 0.1) is 11.1 Å². The van der Waals surface area contributed by atoms with Crippen LogP contribution in [0.1, 0.15) is 22.3 Å². The molecule has 0 heterocycles. The predicted octanol–water partition coefficient (Wildman–Crippen LogP) is 12.6. The van der Waals surface area contributed by atoms with Gasteiger partial charge in [0.2, 0.25) is 0 Å². The van der Waals surface area contributed by atoms with Crippen molar-refractivity contribution in [1.82, 2.24) is 0 Å². The first-order chi connectivity index (χ1) is 24.6. The lowest BCUT2D eigenvalue weighted by molar-refractivity contribution is 0.622. The summed E-state index contributed by atoms with van der Waals surface area (Å²) in [6.45, 7) is 0. The first-order valence-corrected chi connectivity index (χ1v) is 16.8. The summed E-state index contributed by atoms with van der Waals surface area (Å²) in [6, 6.07) is 62.4. The summed E-state index contributed by atoms with van der Waals surface area (Å²) in [5, 5.41) is 2.28. The van der Waals surface area contributed by atoms with Gasteiger partial charge in [0.15, 0.2) is 0 Å². The Morgan fingerprint density at radius 2 is 1.02 bits per heavy atom. The molecule has 0 atom stereocenters. The monoisotopic (exact) mass is 647 g/mol. The lowest BCUT2D eigenvalue weighted by Crippen LogP contribution is -2.29. The Morgan fingerprint density at radius 3 is 1.72 bits per heavy atom. The van der Waals surface area contributed by atoms with E-state index in [0.29, 0.717) is 0 Å². The Balaban J connectivity index is 1.39. The molecular formula is C47H31F2N. The smallest absolute Gasteiger partial charge is 0.123 e. The van der Waals surface area contributed by atoms with Crippen molar-refractivity contribution < 1.29 is 8.78 Å². The third kappa shape index (κ3) is 4.66. The number of anilines is 3. The van der Waals surface area contributed by atoms with Gasteiger partial charge in [-0.05, 0) is 104 Å². The number of halogens is 2. The molecule has 0 unspecified atom stereocenters. The standard InChI is InChI=1S/C47H31F2N/c48-36-24-20-34(21-25-36)47(35-22-26-37(49)27-23-35)43-30-19-33-13-7-8-17-41(33)46(43)42-29-28-39(31-44(42)47)50(38-14-5-2-6-15-38)45-18-10-9-16-40(45)32-11-3-1-4-12-32/h1-31H. The topological polar surface area (TPSA) is 3.24 Å². The fourth-order valence-corrected chi connectivity index (χ4v) is 7.94. The van der Waals surface area contributed by atoms with E-state index in [0.717, 1.165) is 72.3 Å². The minimum atomic E-state index is -0.854. The van der Waals surface area contributed by atoms with Gasteiger partial charge in [-0.3, -0.25) is 0 Å². The second-order valence-corrected chi connectivity index (χ2v) is 12.8. The van der Waals surface area contributed by atoms with Crippen LogP contribution in [0.4, 0.5) is 25.8 Å². The molecule has 3 heteroatoms. The molecule has 0 bridgehead atoms. The number of nitrogens with zero attached hydrogens (tertiary/aromatic N) is 1. The van der Waals surface area contributed by atoms with Gasteiger partial charge in [-0.25, -0.2) is 8.78 Å². The van der Waals surface area contributed by atoms with E-state index < -0.39 is 5.41 Å². The van der Waals surface area contributed by atoms with E-state index in [4.69, 9.17) is 0 Å². The van der Waals surface area contributed by atoms with Crippen molar-refractivity contribution in [2.75, 3.05) is 4.90 Å². The fraction of sp³-hybridized carbons (Fsp3) is 0.0213. The van der Waals surface area contributed by atoms with Crippen molar-refractivity contribution >= 4 is 27.8 Å². The van der Waals surface area contributed by atoms with Gasteiger partial charge < -0.3 is 4.90 Å². The number of para-hydroxylation sites is 2. The van der Waals surface area contributed by atoms with Crippen molar-refractivity contribution in [2.24, 2.45) is 0 Å². The van der Waals surface area contributed by atoms with Crippen LogP contribution in [0.15, 0.2) is 188 Å². The average molecular weight is 648 g/mol. The van der Waals surface area contributed by atoms with E-state index in [-0.39, 0.29) is 11.6 Å². The third-order valence-electron chi connectivity index (χ3n) is 10.1. The Hall–Kier alpha value is -6.32. The molecule has 0 saturated heterocycles. The minimum absolute atomic E-state index is 0.304. The zero-order valence-corrected chi connectivity index (χ0v) is 27.1. The highest BCUT2D eigenvalue weighted by Crippen LogP contribution is 2.59. The van der Waals surface area contributed by atoms with Crippen LogP contribution in [-0.2, 0) is 5.41 Å². The first kappa shape index (κ1) is 29.8. The fourth-order valence-electron chi connectivity index (χ4n) is 7.94. The van der Waals surface area contributed by atoms with Crippen LogP contribution in [0.5, 0.6) is 0 Å². The van der Waals surface area contributed by atoms with Crippen LogP contribution in [0.2, 0.25) is 0 Å². The summed E-state index contributed by atoms with van der Waals surface area (Å²) in [7, 11) is 0. The van der Waals surface area contributed by atoms with E-state index in [9.17, 15) is 8.78 Å². The summed E-state index contributed by atoms with van der Waals surface area (Å²) in [5.74, 6) is -0.608. The van der Waals surface area contributed by atoms with Gasteiger partial charge in [0, 0.05) is 16.9 Å². The molecule has 0 N–H and O–H groups in total. The molecule has 0 aliphatic heterocycles. The van der Waals surface area contributed by atoms with Crippen LogP contribution in [0, 0.1) is 11.6 Å². The molecule has 8 aromatic rings. The molecule has 0 saturated carbocycles. The summed E-state index contributed by atoms with van der Waals surface area (Å²) in [6.07, 6.45) is 0. The molecule has 8 aromatic carbocycles. The molecule has 1 aliphatic carbocycles. The zero-order chi connectivity index (χ0) is 33.7. The number of rotatable bonds is 6. The minimum Gasteiger partial charge on any atom is -0.310 e. The van der Waals surface area contributed by atoms with Gasteiger partial charge in [-0.1, -0.05) is 133 Å². The summed E-state index contributed by atoms with van der Waals surface area (Å²) >= 11 is 0. The van der Waals surface area contributed by atoms with Crippen LogP contribution < -0.4 is 4.90 Å². The third-order valence-corrected chi connectivity index (χ3v) is 10.1. The van der Waals surface area contributed by atoms with Crippen molar-refractivity contribution in [3.8, 4) is 22.3 Å². The summed E-state index contributed by atoms with van der Waals surface area (Å²) in [4.78, 5) is 2.31. The maximum atomic E-state index is 14.6. The van der Waals surface area contributed by atoms with Gasteiger partial charge in [0.1, 0.15) is 11.6 Å². The summed E-state index contributed by atoms with van der Waals surface area (Å²) < 4.78 is 29.2. The number of benzene rings is 8. The van der Waals surface area contributed by atoms with Crippen LogP contribution in [-0.4, -0.2) is 0 Å².